The first-order valence-corrected chi connectivity index (χ1v) is 10.3. The Morgan fingerprint density at radius 3 is 2.50 bits per heavy atom. The number of halogens is 3. The molecule has 0 spiro atoms. The average molecular weight is 407 g/mol. The molecule has 0 aromatic heterocycles. The van der Waals surface area contributed by atoms with Gasteiger partial charge in [-0.25, -0.2) is 10.4 Å². The van der Waals surface area contributed by atoms with E-state index in [2.05, 4.69) is 16.3 Å². The summed E-state index contributed by atoms with van der Waals surface area (Å²) in [5, 5.41) is 4.43. The van der Waals surface area contributed by atoms with Gasteiger partial charge in [0.15, 0.2) is 0 Å². The molecule has 7 nitrogen and oxygen atoms in total. The van der Waals surface area contributed by atoms with Crippen molar-refractivity contribution in [3.8, 4) is 0 Å². The number of nitrogens with one attached hydrogen (secondary N) is 3. The fraction of sp³-hybridized carbons (Fsp3) is 0.944. The number of amides is 1. The molecule has 3 fully saturated rings. The minimum absolute atomic E-state index is 0.0615. The molecular formula is C18H32F3N5O2. The smallest absolute Gasteiger partial charge is 0.379 e. The highest BCUT2D eigenvalue weighted by molar-refractivity contribution is 5.83. The lowest BCUT2D eigenvalue weighted by atomic mass is 9.84. The van der Waals surface area contributed by atoms with E-state index in [1.807, 2.05) is 11.9 Å². The lowest BCUT2D eigenvalue weighted by molar-refractivity contribution is -0.189. The maximum atomic E-state index is 13.3. The number of carbonyl (C=O) groups excluding carboxylic acids is 1. The Morgan fingerprint density at radius 2 is 1.86 bits per heavy atom. The molecular weight excluding hydrogens is 375 g/mol. The number of hydrogen-bond donors (Lipinski definition) is 4. The third-order valence-electron chi connectivity index (χ3n) is 6.25. The van der Waals surface area contributed by atoms with E-state index in [0.717, 1.165) is 25.7 Å². The number of nitrogens with two attached hydrogens (primary N) is 1. The first-order chi connectivity index (χ1) is 13.3. The zero-order chi connectivity index (χ0) is 20.3. The molecule has 0 aromatic rings. The van der Waals surface area contributed by atoms with Crippen molar-refractivity contribution >= 4 is 5.91 Å². The Labute approximate surface area is 163 Å². The first kappa shape index (κ1) is 21.8. The molecule has 10 heteroatoms. The Bertz CT molecular complexity index is 528. The largest absolute Gasteiger partial charge is 0.393 e. The minimum atomic E-state index is -4.30. The van der Waals surface area contributed by atoms with Gasteiger partial charge < -0.3 is 15.8 Å². The van der Waals surface area contributed by atoms with E-state index in [4.69, 9.17) is 10.5 Å². The van der Waals surface area contributed by atoms with Crippen LogP contribution in [-0.4, -0.2) is 54.1 Å². The first-order valence-electron chi connectivity index (χ1n) is 10.3. The van der Waals surface area contributed by atoms with Gasteiger partial charge in [0.25, 0.3) is 0 Å². The van der Waals surface area contributed by atoms with Crippen LogP contribution in [0.2, 0.25) is 0 Å². The highest BCUT2D eigenvalue weighted by Gasteiger charge is 2.47. The van der Waals surface area contributed by atoms with Crippen molar-refractivity contribution in [3.05, 3.63) is 0 Å². The van der Waals surface area contributed by atoms with Crippen LogP contribution in [0.1, 0.15) is 58.3 Å². The summed E-state index contributed by atoms with van der Waals surface area (Å²) in [5.41, 5.74) is 12.1. The van der Waals surface area contributed by atoms with Gasteiger partial charge in [-0.2, -0.15) is 18.7 Å². The number of hydrazine groups is 2. The van der Waals surface area contributed by atoms with Gasteiger partial charge in [0.2, 0.25) is 5.91 Å². The highest BCUT2D eigenvalue weighted by Crippen LogP contribution is 2.37. The lowest BCUT2D eigenvalue weighted by Gasteiger charge is -2.36. The van der Waals surface area contributed by atoms with Gasteiger partial charge in [-0.1, -0.05) is 12.8 Å². The second-order valence-electron chi connectivity index (χ2n) is 8.07. The molecule has 3 aliphatic rings. The van der Waals surface area contributed by atoms with Gasteiger partial charge in [-0.3, -0.25) is 4.79 Å². The van der Waals surface area contributed by atoms with Crippen LogP contribution in [-0.2, 0) is 9.53 Å². The number of nitrogens with zero attached hydrogens (tertiary/aromatic N) is 1. The van der Waals surface area contributed by atoms with E-state index in [9.17, 15) is 18.0 Å². The van der Waals surface area contributed by atoms with Crippen LogP contribution in [0.25, 0.3) is 0 Å². The van der Waals surface area contributed by atoms with Crippen molar-refractivity contribution in [2.24, 2.45) is 11.7 Å². The Morgan fingerprint density at radius 1 is 1.18 bits per heavy atom. The van der Waals surface area contributed by atoms with Crippen molar-refractivity contribution in [3.63, 3.8) is 0 Å². The molecule has 28 heavy (non-hydrogen) atoms. The van der Waals surface area contributed by atoms with Gasteiger partial charge in [-0.05, 0) is 45.4 Å². The van der Waals surface area contributed by atoms with E-state index in [-0.39, 0.29) is 18.6 Å². The normalized spacial score (nSPS) is 37.8. The standard InChI is InChI=1S/C18H32F3N5O2/c1-2-28-12-9-7-11(8-10-12)26-16(22)15(24-25-26)17(27)23-14-6-4-3-5-13(14)18(19,20)21/h11-16,24-25H,2-10,22H2,1H3,(H,23,27). The fourth-order valence-electron chi connectivity index (χ4n) is 4.71. The molecule has 0 radical (unpaired) electrons. The van der Waals surface area contributed by atoms with E-state index >= 15 is 0 Å². The number of hydrogen-bond acceptors (Lipinski definition) is 6. The summed E-state index contributed by atoms with van der Waals surface area (Å²) in [6, 6.07) is -1.51. The molecule has 4 atom stereocenters. The molecule has 1 saturated heterocycles. The van der Waals surface area contributed by atoms with Crippen molar-refractivity contribution in [1.29, 1.82) is 0 Å². The van der Waals surface area contributed by atoms with Crippen LogP contribution in [0.4, 0.5) is 13.2 Å². The molecule has 0 bridgehead atoms. The molecule has 162 valence electrons. The summed E-state index contributed by atoms with van der Waals surface area (Å²) in [6.07, 6.45) is 0.590. The SMILES string of the molecule is CCOC1CCC(N2NNC(C(=O)NC3CCCCC3C(F)(F)F)C2N)CC1. The maximum Gasteiger partial charge on any atom is 0.393 e. The maximum absolute atomic E-state index is 13.3. The molecule has 1 heterocycles. The van der Waals surface area contributed by atoms with Crippen LogP contribution in [0.3, 0.4) is 0 Å². The van der Waals surface area contributed by atoms with Crippen molar-refractivity contribution in [2.45, 2.75) is 94.9 Å². The predicted molar refractivity (Wildman–Crippen MR) is 97.5 cm³/mol. The van der Waals surface area contributed by atoms with Gasteiger partial charge in [0.05, 0.1) is 18.2 Å². The second kappa shape index (κ2) is 9.25. The summed E-state index contributed by atoms with van der Waals surface area (Å²) in [4.78, 5) is 12.7. The molecule has 0 aromatic carbocycles. The second-order valence-corrected chi connectivity index (χ2v) is 8.07. The Balaban J connectivity index is 1.54. The number of alkyl halides is 3. The summed E-state index contributed by atoms with van der Waals surface area (Å²) < 4.78 is 45.5. The Hall–Kier alpha value is -0.940. The van der Waals surface area contributed by atoms with Crippen molar-refractivity contribution < 1.29 is 22.7 Å². The topological polar surface area (TPSA) is 91.6 Å². The van der Waals surface area contributed by atoms with Crippen LogP contribution < -0.4 is 22.0 Å². The predicted octanol–water partition coefficient (Wildman–Crippen LogP) is 1.55. The molecule has 5 N–H and O–H groups in total. The average Bonchev–Trinajstić information content (AvgIpc) is 3.04. The van der Waals surface area contributed by atoms with Crippen molar-refractivity contribution in [2.75, 3.05) is 6.61 Å². The van der Waals surface area contributed by atoms with Crippen LogP contribution in [0, 0.1) is 5.92 Å². The summed E-state index contributed by atoms with van der Waals surface area (Å²) >= 11 is 0. The fourth-order valence-corrected chi connectivity index (χ4v) is 4.71. The van der Waals surface area contributed by atoms with E-state index < -0.39 is 36.3 Å². The van der Waals surface area contributed by atoms with Gasteiger partial charge >= 0.3 is 6.18 Å². The summed E-state index contributed by atoms with van der Waals surface area (Å²) in [5.74, 6) is -1.97. The molecule has 2 aliphatic carbocycles. The minimum Gasteiger partial charge on any atom is -0.379 e. The number of rotatable bonds is 5. The van der Waals surface area contributed by atoms with E-state index in [1.54, 1.807) is 0 Å². The van der Waals surface area contributed by atoms with E-state index in [1.165, 1.54) is 0 Å². The Kier molecular flexibility index (Phi) is 7.19. The molecule has 3 rings (SSSR count). The summed E-state index contributed by atoms with van der Waals surface area (Å²) in [7, 11) is 0. The molecule has 1 aliphatic heterocycles. The molecule has 2 saturated carbocycles. The third-order valence-corrected chi connectivity index (χ3v) is 6.25. The van der Waals surface area contributed by atoms with Gasteiger partial charge in [-0.15, -0.1) is 0 Å². The van der Waals surface area contributed by atoms with Gasteiger partial charge in [0, 0.05) is 18.7 Å². The zero-order valence-electron chi connectivity index (χ0n) is 16.3. The van der Waals surface area contributed by atoms with Gasteiger partial charge in [0.1, 0.15) is 6.04 Å². The third kappa shape index (κ3) is 4.96. The monoisotopic (exact) mass is 407 g/mol. The zero-order valence-corrected chi connectivity index (χ0v) is 16.3. The number of ether oxygens (including phenoxy) is 1. The highest BCUT2D eigenvalue weighted by atomic mass is 19.4. The summed E-state index contributed by atoms with van der Waals surface area (Å²) in [6.45, 7) is 2.67. The molecule has 1 amide bonds. The number of carbonyl (C=O) groups is 1. The van der Waals surface area contributed by atoms with E-state index in [0.29, 0.717) is 25.9 Å². The van der Waals surface area contributed by atoms with Crippen molar-refractivity contribution in [1.82, 2.24) is 21.3 Å². The van der Waals surface area contributed by atoms with Crippen LogP contribution >= 0.6 is 0 Å². The lowest BCUT2D eigenvalue weighted by Crippen LogP contribution is -2.57. The molecule has 4 unspecified atom stereocenters. The van der Waals surface area contributed by atoms with Crippen LogP contribution in [0.5, 0.6) is 0 Å². The van der Waals surface area contributed by atoms with Crippen LogP contribution in [0.15, 0.2) is 0 Å². The quantitative estimate of drug-likeness (QED) is 0.553.